The van der Waals surface area contributed by atoms with Crippen molar-refractivity contribution >= 4 is 35.8 Å². The van der Waals surface area contributed by atoms with Gasteiger partial charge in [0.1, 0.15) is 11.9 Å². The fourth-order valence-electron chi connectivity index (χ4n) is 4.17. The van der Waals surface area contributed by atoms with Crippen LogP contribution in [0.25, 0.3) is 0 Å². The molecule has 168 valence electrons. The maximum absolute atomic E-state index is 13.2. The summed E-state index contributed by atoms with van der Waals surface area (Å²) in [5, 5.41) is 3.33. The van der Waals surface area contributed by atoms with E-state index in [-0.39, 0.29) is 47.9 Å². The average molecular weight is 532 g/mol. The minimum atomic E-state index is -0.250. The quantitative estimate of drug-likeness (QED) is 0.367. The first-order valence-corrected chi connectivity index (χ1v) is 10.6. The molecule has 3 rings (SSSR count). The van der Waals surface area contributed by atoms with Crippen LogP contribution < -0.4 is 5.32 Å². The number of halogens is 2. The summed E-state index contributed by atoms with van der Waals surface area (Å²) in [6.07, 6.45) is 2.65. The van der Waals surface area contributed by atoms with Crippen molar-refractivity contribution in [3.05, 3.63) is 35.6 Å². The summed E-state index contributed by atoms with van der Waals surface area (Å²) in [5.74, 6) is 1.32. The summed E-state index contributed by atoms with van der Waals surface area (Å²) >= 11 is 0. The van der Waals surface area contributed by atoms with Crippen LogP contribution in [0.2, 0.25) is 0 Å². The van der Waals surface area contributed by atoms with Gasteiger partial charge in [-0.1, -0.05) is 19.1 Å². The minimum absolute atomic E-state index is 0. The number of carbonyl (C=O) groups excluding carboxylic acids is 1. The van der Waals surface area contributed by atoms with Gasteiger partial charge in [-0.05, 0) is 43.4 Å². The Kier molecular flexibility index (Phi) is 9.80. The predicted molar refractivity (Wildman–Crippen MR) is 128 cm³/mol. The van der Waals surface area contributed by atoms with Crippen molar-refractivity contribution in [1.82, 2.24) is 15.1 Å². The molecular formula is C22H34FIN4O2. The fourth-order valence-corrected chi connectivity index (χ4v) is 4.17. The second-order valence-electron chi connectivity index (χ2n) is 8.20. The second-order valence-corrected chi connectivity index (χ2v) is 8.20. The molecule has 1 N–H and O–H groups in total. The van der Waals surface area contributed by atoms with E-state index >= 15 is 0 Å². The number of ether oxygens (including phenoxy) is 1. The van der Waals surface area contributed by atoms with Crippen LogP contribution >= 0.6 is 24.0 Å². The maximum atomic E-state index is 13.2. The van der Waals surface area contributed by atoms with Crippen molar-refractivity contribution in [2.45, 2.75) is 45.3 Å². The molecule has 2 aliphatic heterocycles. The Balaban J connectivity index is 0.00000320. The molecule has 0 aliphatic carbocycles. The van der Waals surface area contributed by atoms with Crippen LogP contribution in [0.4, 0.5) is 4.39 Å². The van der Waals surface area contributed by atoms with E-state index in [2.05, 4.69) is 22.1 Å². The molecule has 0 spiro atoms. The Hall–Kier alpha value is -1.42. The van der Waals surface area contributed by atoms with E-state index in [0.29, 0.717) is 25.4 Å². The van der Waals surface area contributed by atoms with Crippen molar-refractivity contribution in [1.29, 1.82) is 0 Å². The van der Waals surface area contributed by atoms with Gasteiger partial charge in [-0.3, -0.25) is 9.79 Å². The number of likely N-dealkylation sites (tertiary alicyclic amines) is 1. The van der Waals surface area contributed by atoms with Gasteiger partial charge < -0.3 is 19.9 Å². The van der Waals surface area contributed by atoms with Gasteiger partial charge >= 0.3 is 0 Å². The first kappa shape index (κ1) is 24.8. The molecule has 0 aromatic heterocycles. The molecule has 2 aliphatic rings. The van der Waals surface area contributed by atoms with Crippen LogP contribution in [0.1, 0.15) is 44.8 Å². The molecule has 0 saturated carbocycles. The molecule has 8 heteroatoms. The molecule has 3 atom stereocenters. The zero-order valence-corrected chi connectivity index (χ0v) is 20.5. The van der Waals surface area contributed by atoms with Crippen LogP contribution in [0.3, 0.4) is 0 Å². The van der Waals surface area contributed by atoms with E-state index in [0.717, 1.165) is 37.6 Å². The fraction of sp³-hybridized carbons (Fsp3) is 0.636. The zero-order chi connectivity index (χ0) is 20.8. The Morgan fingerprint density at radius 1 is 1.20 bits per heavy atom. The summed E-state index contributed by atoms with van der Waals surface area (Å²) < 4.78 is 19.3. The number of amides is 1. The predicted octanol–water partition coefficient (Wildman–Crippen LogP) is 3.43. The summed E-state index contributed by atoms with van der Waals surface area (Å²) in [6, 6.07) is 6.46. The Morgan fingerprint density at radius 3 is 2.60 bits per heavy atom. The van der Waals surface area contributed by atoms with Crippen LogP contribution in [-0.2, 0) is 9.53 Å². The topological polar surface area (TPSA) is 57.2 Å². The van der Waals surface area contributed by atoms with Gasteiger partial charge in [-0.15, -0.1) is 24.0 Å². The smallest absolute Gasteiger partial charge is 0.224 e. The highest BCUT2D eigenvalue weighted by molar-refractivity contribution is 14.0. The number of aliphatic imine (C=N–C) groups is 1. The highest BCUT2D eigenvalue weighted by Crippen LogP contribution is 2.25. The number of rotatable bonds is 4. The van der Waals surface area contributed by atoms with Gasteiger partial charge in [0.2, 0.25) is 5.91 Å². The van der Waals surface area contributed by atoms with E-state index < -0.39 is 0 Å². The molecule has 0 radical (unpaired) electrons. The van der Waals surface area contributed by atoms with Crippen molar-refractivity contribution in [2.24, 2.45) is 10.9 Å². The molecule has 1 aromatic rings. The SMILES string of the molecule is CN=C(NCCC(=O)N1CCCC(C)C1)N1CC(C)OC(c2ccc(F)cc2)C1.I. The largest absolute Gasteiger partial charge is 0.367 e. The molecule has 2 heterocycles. The molecule has 30 heavy (non-hydrogen) atoms. The molecule has 2 saturated heterocycles. The van der Waals surface area contributed by atoms with Gasteiger partial charge in [0.05, 0.1) is 12.6 Å². The number of morpholine rings is 1. The average Bonchev–Trinajstić information content (AvgIpc) is 2.71. The minimum Gasteiger partial charge on any atom is -0.367 e. The van der Waals surface area contributed by atoms with E-state index in [9.17, 15) is 9.18 Å². The highest BCUT2D eigenvalue weighted by atomic mass is 127. The lowest BCUT2D eigenvalue weighted by atomic mass is 10.00. The van der Waals surface area contributed by atoms with Gasteiger partial charge in [0.15, 0.2) is 5.96 Å². The van der Waals surface area contributed by atoms with Crippen LogP contribution in [-0.4, -0.2) is 67.5 Å². The summed E-state index contributed by atoms with van der Waals surface area (Å²) in [4.78, 5) is 21.0. The van der Waals surface area contributed by atoms with E-state index in [1.54, 1.807) is 19.2 Å². The van der Waals surface area contributed by atoms with Gasteiger partial charge in [0.25, 0.3) is 0 Å². The third kappa shape index (κ3) is 6.80. The number of nitrogens with zero attached hydrogens (tertiary/aromatic N) is 3. The third-order valence-electron chi connectivity index (χ3n) is 5.65. The van der Waals surface area contributed by atoms with Gasteiger partial charge in [-0.2, -0.15) is 0 Å². The summed E-state index contributed by atoms with van der Waals surface area (Å²) in [5.41, 5.74) is 0.952. The van der Waals surface area contributed by atoms with Crippen molar-refractivity contribution in [2.75, 3.05) is 39.8 Å². The lowest BCUT2D eigenvalue weighted by molar-refractivity contribution is -0.132. The molecule has 1 amide bonds. The lowest BCUT2D eigenvalue weighted by Crippen LogP contribution is -2.51. The number of hydrogen-bond donors (Lipinski definition) is 1. The lowest BCUT2D eigenvalue weighted by Gasteiger charge is -2.38. The van der Waals surface area contributed by atoms with E-state index in [4.69, 9.17) is 4.74 Å². The van der Waals surface area contributed by atoms with Crippen LogP contribution in [0.15, 0.2) is 29.3 Å². The first-order valence-electron chi connectivity index (χ1n) is 10.6. The van der Waals surface area contributed by atoms with Gasteiger partial charge in [0, 0.05) is 39.6 Å². The van der Waals surface area contributed by atoms with Crippen molar-refractivity contribution < 1.29 is 13.9 Å². The Bertz CT molecular complexity index is 716. The third-order valence-corrected chi connectivity index (χ3v) is 5.65. The van der Waals surface area contributed by atoms with Gasteiger partial charge in [-0.25, -0.2) is 4.39 Å². The first-order chi connectivity index (χ1) is 14.0. The van der Waals surface area contributed by atoms with E-state index in [1.807, 2.05) is 11.8 Å². The number of hydrogen-bond acceptors (Lipinski definition) is 3. The number of nitrogens with one attached hydrogen (secondary N) is 1. The number of carbonyl (C=O) groups is 1. The Labute approximate surface area is 196 Å². The van der Waals surface area contributed by atoms with E-state index in [1.165, 1.54) is 18.6 Å². The van der Waals surface area contributed by atoms with Crippen molar-refractivity contribution in [3.8, 4) is 0 Å². The van der Waals surface area contributed by atoms with Crippen LogP contribution in [0, 0.1) is 11.7 Å². The monoisotopic (exact) mass is 532 g/mol. The summed E-state index contributed by atoms with van der Waals surface area (Å²) in [7, 11) is 1.75. The number of piperidine rings is 1. The molecule has 0 bridgehead atoms. The molecule has 3 unspecified atom stereocenters. The molecule has 6 nitrogen and oxygen atoms in total. The normalized spacial score (nSPS) is 24.9. The second kappa shape index (κ2) is 11.8. The highest BCUT2D eigenvalue weighted by Gasteiger charge is 2.28. The number of guanidine groups is 1. The molecular weight excluding hydrogens is 498 g/mol. The standard InChI is InChI=1S/C22H33FN4O2.HI/c1-16-5-4-12-26(13-16)21(28)10-11-25-22(24-3)27-14-17(2)29-20(15-27)18-6-8-19(23)9-7-18;/h6-9,16-17,20H,4-5,10-15H2,1-3H3,(H,24,25);1H. The van der Waals surface area contributed by atoms with Crippen LogP contribution in [0.5, 0.6) is 0 Å². The number of benzene rings is 1. The maximum Gasteiger partial charge on any atom is 0.224 e. The Morgan fingerprint density at radius 2 is 1.93 bits per heavy atom. The zero-order valence-electron chi connectivity index (χ0n) is 18.1. The van der Waals surface area contributed by atoms with Crippen molar-refractivity contribution in [3.63, 3.8) is 0 Å². The molecule has 1 aromatic carbocycles. The molecule has 2 fully saturated rings. The summed E-state index contributed by atoms with van der Waals surface area (Å²) in [6.45, 7) is 7.88.